The number of aliphatic imine (C=N–C) groups is 2. The van der Waals surface area contributed by atoms with Crippen LogP contribution in [0.2, 0.25) is 0 Å². The van der Waals surface area contributed by atoms with E-state index in [1.807, 2.05) is 11.8 Å². The standard InChI is InChI=1S/C5H8ClN3/c1-2-9-4-7-3-8-5(9)6/h3H,2,4H2,1H3. The van der Waals surface area contributed by atoms with Gasteiger partial charge in [0.15, 0.2) is 0 Å². The fourth-order valence-corrected chi connectivity index (χ4v) is 0.811. The van der Waals surface area contributed by atoms with Crippen LogP contribution in [-0.2, 0) is 0 Å². The first kappa shape index (κ1) is 6.55. The van der Waals surface area contributed by atoms with Gasteiger partial charge in [0, 0.05) is 6.54 Å². The van der Waals surface area contributed by atoms with E-state index >= 15 is 0 Å². The van der Waals surface area contributed by atoms with Gasteiger partial charge in [0.2, 0.25) is 5.29 Å². The van der Waals surface area contributed by atoms with Crippen molar-refractivity contribution < 1.29 is 0 Å². The summed E-state index contributed by atoms with van der Waals surface area (Å²) < 4.78 is 0. The van der Waals surface area contributed by atoms with E-state index in [9.17, 15) is 0 Å². The lowest BCUT2D eigenvalue weighted by Crippen LogP contribution is -2.29. The van der Waals surface area contributed by atoms with E-state index < -0.39 is 0 Å². The van der Waals surface area contributed by atoms with Gasteiger partial charge in [-0.05, 0) is 18.5 Å². The minimum atomic E-state index is 0.535. The van der Waals surface area contributed by atoms with Gasteiger partial charge in [-0.25, -0.2) is 4.99 Å². The molecular formula is C5H8ClN3. The van der Waals surface area contributed by atoms with Crippen LogP contribution in [0.25, 0.3) is 0 Å². The maximum atomic E-state index is 5.67. The number of halogens is 1. The Bertz CT molecular complexity index is 152. The summed E-state index contributed by atoms with van der Waals surface area (Å²) in [4.78, 5) is 9.58. The second-order valence-electron chi connectivity index (χ2n) is 1.69. The second-order valence-corrected chi connectivity index (χ2v) is 2.03. The number of amidine groups is 1. The summed E-state index contributed by atoms with van der Waals surface area (Å²) in [5.74, 6) is 0. The molecule has 0 spiro atoms. The van der Waals surface area contributed by atoms with Gasteiger partial charge >= 0.3 is 0 Å². The minimum absolute atomic E-state index is 0.535. The summed E-state index contributed by atoms with van der Waals surface area (Å²) in [5.41, 5.74) is 0. The van der Waals surface area contributed by atoms with Crippen LogP contribution in [0.15, 0.2) is 9.98 Å². The smallest absolute Gasteiger partial charge is 0.201 e. The van der Waals surface area contributed by atoms with Crippen molar-refractivity contribution in [3.05, 3.63) is 0 Å². The quantitative estimate of drug-likeness (QED) is 0.504. The molecule has 0 radical (unpaired) electrons. The number of nitrogens with zero attached hydrogens (tertiary/aromatic N) is 3. The van der Waals surface area contributed by atoms with Crippen molar-refractivity contribution in [1.82, 2.24) is 4.90 Å². The highest BCUT2D eigenvalue weighted by Crippen LogP contribution is 1.99. The van der Waals surface area contributed by atoms with Gasteiger partial charge in [0.1, 0.15) is 13.0 Å². The van der Waals surface area contributed by atoms with Crippen molar-refractivity contribution in [2.24, 2.45) is 9.98 Å². The summed E-state index contributed by atoms with van der Waals surface area (Å²) in [5, 5.41) is 0.535. The van der Waals surface area contributed by atoms with Crippen LogP contribution >= 0.6 is 11.6 Å². The molecule has 0 aliphatic carbocycles. The lowest BCUT2D eigenvalue weighted by atomic mass is 10.6. The molecule has 0 aromatic carbocycles. The molecule has 1 aliphatic heterocycles. The number of hydrogen-bond donors (Lipinski definition) is 0. The Morgan fingerprint density at radius 1 is 1.89 bits per heavy atom. The second kappa shape index (κ2) is 2.82. The molecule has 1 heterocycles. The van der Waals surface area contributed by atoms with E-state index in [2.05, 4.69) is 9.98 Å². The van der Waals surface area contributed by atoms with Crippen molar-refractivity contribution in [2.75, 3.05) is 13.2 Å². The molecule has 0 saturated carbocycles. The Morgan fingerprint density at radius 2 is 2.67 bits per heavy atom. The minimum Gasteiger partial charge on any atom is -0.328 e. The summed E-state index contributed by atoms with van der Waals surface area (Å²) in [6.07, 6.45) is 1.48. The molecule has 1 aliphatic rings. The van der Waals surface area contributed by atoms with Gasteiger partial charge in [-0.15, -0.1) is 0 Å². The summed E-state index contributed by atoms with van der Waals surface area (Å²) in [7, 11) is 0. The van der Waals surface area contributed by atoms with Crippen LogP contribution in [0, 0.1) is 0 Å². The Morgan fingerprint density at radius 3 is 3.11 bits per heavy atom. The van der Waals surface area contributed by atoms with Crippen molar-refractivity contribution in [1.29, 1.82) is 0 Å². The zero-order valence-corrected chi connectivity index (χ0v) is 5.97. The molecule has 0 aromatic rings. The normalized spacial score (nSPS) is 18.0. The van der Waals surface area contributed by atoms with E-state index in [0.717, 1.165) is 6.54 Å². The number of hydrogen-bond acceptors (Lipinski definition) is 3. The average molecular weight is 146 g/mol. The molecule has 0 atom stereocenters. The average Bonchev–Trinajstić information content (AvgIpc) is 1.89. The van der Waals surface area contributed by atoms with Gasteiger partial charge in [-0.3, -0.25) is 4.99 Å². The predicted octanol–water partition coefficient (Wildman–Crippen LogP) is 0.902. The van der Waals surface area contributed by atoms with Gasteiger partial charge < -0.3 is 4.90 Å². The van der Waals surface area contributed by atoms with Crippen LogP contribution in [0.5, 0.6) is 0 Å². The van der Waals surface area contributed by atoms with Crippen molar-refractivity contribution in [3.63, 3.8) is 0 Å². The summed E-state index contributed by atoms with van der Waals surface area (Å²) in [6.45, 7) is 3.51. The molecule has 0 bridgehead atoms. The highest BCUT2D eigenvalue weighted by Gasteiger charge is 2.06. The van der Waals surface area contributed by atoms with Gasteiger partial charge in [-0.1, -0.05) is 0 Å². The molecule has 0 amide bonds. The van der Waals surface area contributed by atoms with Crippen LogP contribution in [-0.4, -0.2) is 29.7 Å². The first-order valence-corrected chi connectivity index (χ1v) is 3.19. The van der Waals surface area contributed by atoms with Crippen molar-refractivity contribution in [2.45, 2.75) is 6.92 Å². The molecule has 3 nitrogen and oxygen atoms in total. The third-order valence-electron chi connectivity index (χ3n) is 1.14. The van der Waals surface area contributed by atoms with E-state index in [-0.39, 0.29) is 0 Å². The Labute approximate surface area is 59.0 Å². The highest BCUT2D eigenvalue weighted by atomic mass is 35.5. The third-order valence-corrected chi connectivity index (χ3v) is 1.48. The molecular weight excluding hydrogens is 138 g/mol. The zero-order valence-electron chi connectivity index (χ0n) is 5.21. The first-order chi connectivity index (χ1) is 4.34. The van der Waals surface area contributed by atoms with Crippen LogP contribution < -0.4 is 0 Å². The Balaban J connectivity index is 2.59. The van der Waals surface area contributed by atoms with Crippen LogP contribution in [0.1, 0.15) is 6.92 Å². The molecule has 0 fully saturated rings. The van der Waals surface area contributed by atoms with Gasteiger partial charge in [0.05, 0.1) is 0 Å². The van der Waals surface area contributed by atoms with Crippen molar-refractivity contribution in [3.8, 4) is 0 Å². The fraction of sp³-hybridized carbons (Fsp3) is 0.600. The Kier molecular flexibility index (Phi) is 2.05. The molecule has 0 unspecified atom stereocenters. The van der Waals surface area contributed by atoms with Crippen LogP contribution in [0.3, 0.4) is 0 Å². The molecule has 9 heavy (non-hydrogen) atoms. The number of rotatable bonds is 1. The monoisotopic (exact) mass is 145 g/mol. The van der Waals surface area contributed by atoms with E-state index in [0.29, 0.717) is 12.0 Å². The van der Waals surface area contributed by atoms with Gasteiger partial charge in [-0.2, -0.15) is 0 Å². The van der Waals surface area contributed by atoms with E-state index in [1.54, 1.807) is 0 Å². The molecule has 4 heteroatoms. The largest absolute Gasteiger partial charge is 0.328 e. The molecule has 0 aromatic heterocycles. The summed E-state index contributed by atoms with van der Waals surface area (Å²) >= 11 is 5.67. The highest BCUT2D eigenvalue weighted by molar-refractivity contribution is 6.65. The topological polar surface area (TPSA) is 28.0 Å². The maximum absolute atomic E-state index is 5.67. The fourth-order valence-electron chi connectivity index (χ4n) is 0.594. The predicted molar refractivity (Wildman–Crippen MR) is 39.0 cm³/mol. The SMILES string of the molecule is CCN1CN=CN=C1Cl. The lowest BCUT2D eigenvalue weighted by Gasteiger charge is -2.19. The molecule has 0 saturated heterocycles. The van der Waals surface area contributed by atoms with E-state index in [1.165, 1.54) is 6.34 Å². The zero-order chi connectivity index (χ0) is 6.69. The molecule has 1 rings (SSSR count). The maximum Gasteiger partial charge on any atom is 0.201 e. The lowest BCUT2D eigenvalue weighted by molar-refractivity contribution is 0.460. The Hall–Kier alpha value is -0.570. The van der Waals surface area contributed by atoms with Crippen LogP contribution in [0.4, 0.5) is 0 Å². The summed E-state index contributed by atoms with van der Waals surface area (Å²) in [6, 6.07) is 0. The van der Waals surface area contributed by atoms with Crippen molar-refractivity contribution >= 4 is 23.2 Å². The first-order valence-electron chi connectivity index (χ1n) is 2.81. The van der Waals surface area contributed by atoms with Gasteiger partial charge in [0.25, 0.3) is 0 Å². The molecule has 0 N–H and O–H groups in total. The third kappa shape index (κ3) is 1.42. The van der Waals surface area contributed by atoms with E-state index in [4.69, 9.17) is 11.6 Å². The molecule has 50 valence electrons.